The Balaban J connectivity index is 2.88. The first-order valence-electron chi connectivity index (χ1n) is 3.35. The van der Waals surface area contributed by atoms with Gasteiger partial charge in [-0.15, -0.1) is 5.10 Å². The minimum atomic E-state index is 0.156. The van der Waals surface area contributed by atoms with E-state index in [0.717, 1.165) is 11.1 Å². The summed E-state index contributed by atoms with van der Waals surface area (Å²) >= 11 is 11.4. The summed E-state index contributed by atoms with van der Waals surface area (Å²) in [7, 11) is 0. The molecule has 3 nitrogen and oxygen atoms in total. The molecule has 0 atom stereocenters. The molecule has 2 rings (SSSR count). The van der Waals surface area contributed by atoms with Crippen molar-refractivity contribution in [2.45, 2.75) is 6.92 Å². The lowest BCUT2D eigenvalue weighted by Crippen LogP contribution is -1.93. The standard InChI is InChI=1S/C7H5Cl2N3/c1-4-2-5-6(8)10-7(9)11-12(5)3-4/h2-3H,1H3. The van der Waals surface area contributed by atoms with E-state index in [4.69, 9.17) is 23.2 Å². The second-order valence-electron chi connectivity index (χ2n) is 2.52. The average molecular weight is 202 g/mol. The smallest absolute Gasteiger partial charge is 0.235 e. The molecule has 0 aliphatic heterocycles. The monoisotopic (exact) mass is 201 g/mol. The number of aryl methyl sites for hydroxylation is 1. The first kappa shape index (κ1) is 7.83. The first-order valence-corrected chi connectivity index (χ1v) is 4.10. The maximum Gasteiger partial charge on any atom is 0.242 e. The molecule has 0 saturated heterocycles. The fourth-order valence-electron chi connectivity index (χ4n) is 1.07. The van der Waals surface area contributed by atoms with Crippen LogP contribution in [0.25, 0.3) is 5.52 Å². The summed E-state index contributed by atoms with van der Waals surface area (Å²) in [6.45, 7) is 1.96. The summed E-state index contributed by atoms with van der Waals surface area (Å²) in [6, 6.07) is 1.90. The van der Waals surface area contributed by atoms with Crippen LogP contribution in [0, 0.1) is 6.92 Å². The van der Waals surface area contributed by atoms with Crippen molar-refractivity contribution in [3.05, 3.63) is 28.3 Å². The largest absolute Gasteiger partial charge is 0.242 e. The molecule has 2 aromatic heterocycles. The minimum absolute atomic E-state index is 0.156. The van der Waals surface area contributed by atoms with Gasteiger partial charge in [0.05, 0.1) is 0 Å². The van der Waals surface area contributed by atoms with Crippen molar-refractivity contribution in [2.24, 2.45) is 0 Å². The van der Waals surface area contributed by atoms with Gasteiger partial charge in [0.15, 0.2) is 5.15 Å². The van der Waals surface area contributed by atoms with Gasteiger partial charge in [-0.1, -0.05) is 11.6 Å². The van der Waals surface area contributed by atoms with Gasteiger partial charge in [0.1, 0.15) is 5.52 Å². The minimum Gasteiger partial charge on any atom is -0.235 e. The molecule has 0 amide bonds. The lowest BCUT2D eigenvalue weighted by molar-refractivity contribution is 0.902. The zero-order valence-electron chi connectivity index (χ0n) is 6.25. The normalized spacial score (nSPS) is 10.9. The summed E-state index contributed by atoms with van der Waals surface area (Å²) < 4.78 is 1.62. The molecule has 0 saturated carbocycles. The third-order valence-electron chi connectivity index (χ3n) is 1.53. The second kappa shape index (κ2) is 2.61. The third-order valence-corrected chi connectivity index (χ3v) is 1.97. The molecule has 0 bridgehead atoms. The van der Waals surface area contributed by atoms with Gasteiger partial charge in [-0.25, -0.2) is 9.50 Å². The lowest BCUT2D eigenvalue weighted by atomic mass is 10.4. The van der Waals surface area contributed by atoms with Crippen LogP contribution in [0.15, 0.2) is 12.3 Å². The van der Waals surface area contributed by atoms with E-state index in [1.807, 2.05) is 19.2 Å². The van der Waals surface area contributed by atoms with E-state index >= 15 is 0 Å². The highest BCUT2D eigenvalue weighted by molar-refractivity contribution is 6.34. The summed E-state index contributed by atoms with van der Waals surface area (Å²) in [5, 5.41) is 4.48. The van der Waals surface area contributed by atoms with Gasteiger partial charge in [-0.05, 0) is 30.2 Å². The van der Waals surface area contributed by atoms with Crippen molar-refractivity contribution in [1.29, 1.82) is 0 Å². The predicted molar refractivity (Wildman–Crippen MR) is 47.7 cm³/mol. The zero-order valence-corrected chi connectivity index (χ0v) is 7.76. The van der Waals surface area contributed by atoms with E-state index in [1.165, 1.54) is 0 Å². The number of fused-ring (bicyclic) bond motifs is 1. The lowest BCUT2D eigenvalue weighted by Gasteiger charge is -1.94. The Morgan fingerprint density at radius 2 is 2.17 bits per heavy atom. The van der Waals surface area contributed by atoms with E-state index < -0.39 is 0 Å². The Labute approximate surface area is 78.9 Å². The van der Waals surface area contributed by atoms with Gasteiger partial charge in [-0.3, -0.25) is 0 Å². The number of hydrogen-bond acceptors (Lipinski definition) is 2. The number of halogens is 2. The molecule has 5 heteroatoms. The second-order valence-corrected chi connectivity index (χ2v) is 3.21. The molecule has 2 heterocycles. The van der Waals surface area contributed by atoms with E-state index in [9.17, 15) is 0 Å². The van der Waals surface area contributed by atoms with Gasteiger partial charge in [0.25, 0.3) is 0 Å². The molecular formula is C7H5Cl2N3. The third kappa shape index (κ3) is 1.15. The Bertz CT molecular complexity index is 435. The van der Waals surface area contributed by atoms with E-state index in [-0.39, 0.29) is 5.28 Å². The molecule has 12 heavy (non-hydrogen) atoms. The Morgan fingerprint density at radius 3 is 2.92 bits per heavy atom. The van der Waals surface area contributed by atoms with Crippen LogP contribution < -0.4 is 0 Å². The average Bonchev–Trinajstić information content (AvgIpc) is 2.29. The van der Waals surface area contributed by atoms with Crippen molar-refractivity contribution >= 4 is 28.7 Å². The highest BCUT2D eigenvalue weighted by atomic mass is 35.5. The first-order chi connectivity index (χ1) is 5.66. The molecule has 2 aromatic rings. The molecule has 62 valence electrons. The van der Waals surface area contributed by atoms with Crippen LogP contribution >= 0.6 is 23.2 Å². The van der Waals surface area contributed by atoms with Gasteiger partial charge < -0.3 is 0 Å². The van der Waals surface area contributed by atoms with Crippen LogP contribution in [-0.2, 0) is 0 Å². The van der Waals surface area contributed by atoms with E-state index in [2.05, 4.69) is 10.1 Å². The summed E-state index contributed by atoms with van der Waals surface area (Å²) in [5.74, 6) is 0. The topological polar surface area (TPSA) is 30.2 Å². The maximum absolute atomic E-state index is 5.82. The van der Waals surface area contributed by atoms with E-state index in [0.29, 0.717) is 5.15 Å². The van der Waals surface area contributed by atoms with Gasteiger partial charge in [-0.2, -0.15) is 0 Å². The number of rotatable bonds is 0. The fraction of sp³-hybridized carbons (Fsp3) is 0.143. The van der Waals surface area contributed by atoms with E-state index in [1.54, 1.807) is 4.52 Å². The maximum atomic E-state index is 5.82. The van der Waals surface area contributed by atoms with Crippen LogP contribution in [0.5, 0.6) is 0 Å². The van der Waals surface area contributed by atoms with Crippen molar-refractivity contribution < 1.29 is 0 Å². The Morgan fingerprint density at radius 1 is 1.42 bits per heavy atom. The summed E-state index contributed by atoms with van der Waals surface area (Å²) in [6.07, 6.45) is 1.84. The van der Waals surface area contributed by atoms with Crippen LogP contribution in [0.2, 0.25) is 10.4 Å². The van der Waals surface area contributed by atoms with Crippen LogP contribution in [0.3, 0.4) is 0 Å². The Hall–Kier alpha value is -0.800. The van der Waals surface area contributed by atoms with Gasteiger partial charge in [0, 0.05) is 6.20 Å². The fourth-order valence-corrected chi connectivity index (χ4v) is 1.50. The van der Waals surface area contributed by atoms with Gasteiger partial charge >= 0.3 is 0 Å². The van der Waals surface area contributed by atoms with Crippen molar-refractivity contribution in [3.63, 3.8) is 0 Å². The molecular weight excluding hydrogens is 197 g/mol. The summed E-state index contributed by atoms with van der Waals surface area (Å²) in [5.41, 5.74) is 1.85. The highest BCUT2D eigenvalue weighted by Gasteiger charge is 2.04. The van der Waals surface area contributed by atoms with Crippen LogP contribution in [0.4, 0.5) is 0 Å². The molecule has 0 aliphatic rings. The molecule has 0 N–H and O–H groups in total. The van der Waals surface area contributed by atoms with Crippen LogP contribution in [-0.4, -0.2) is 14.6 Å². The Kier molecular flexibility index (Phi) is 1.70. The quantitative estimate of drug-likeness (QED) is 0.656. The number of aromatic nitrogens is 3. The molecule has 0 aromatic carbocycles. The van der Waals surface area contributed by atoms with Gasteiger partial charge in [0.2, 0.25) is 5.28 Å². The molecule has 0 unspecified atom stereocenters. The van der Waals surface area contributed by atoms with Crippen LogP contribution in [0.1, 0.15) is 5.56 Å². The molecule has 0 aliphatic carbocycles. The number of nitrogens with zero attached hydrogens (tertiary/aromatic N) is 3. The molecule has 0 radical (unpaired) electrons. The molecule has 0 fully saturated rings. The predicted octanol–water partition coefficient (Wildman–Crippen LogP) is 2.34. The SMILES string of the molecule is Cc1cc2c(Cl)nc(Cl)nn2c1. The van der Waals surface area contributed by atoms with Crippen molar-refractivity contribution in [3.8, 4) is 0 Å². The molecule has 0 spiro atoms. The highest BCUT2D eigenvalue weighted by Crippen LogP contribution is 2.17. The zero-order chi connectivity index (χ0) is 8.72. The van der Waals surface area contributed by atoms with Crippen molar-refractivity contribution in [2.75, 3.05) is 0 Å². The van der Waals surface area contributed by atoms with Crippen molar-refractivity contribution in [1.82, 2.24) is 14.6 Å². The summed E-state index contributed by atoms with van der Waals surface area (Å²) in [4.78, 5) is 3.81. The number of hydrogen-bond donors (Lipinski definition) is 0.